The van der Waals surface area contributed by atoms with E-state index in [4.69, 9.17) is 11.6 Å². The Kier molecular flexibility index (Phi) is 6.92. The van der Waals surface area contributed by atoms with Crippen molar-refractivity contribution in [1.82, 2.24) is 8.61 Å². The van der Waals surface area contributed by atoms with Crippen LogP contribution in [0.1, 0.15) is 39.0 Å². The third-order valence-corrected chi connectivity index (χ3v) is 5.97. The highest BCUT2D eigenvalue weighted by Crippen LogP contribution is 2.22. The molecule has 1 heterocycles. The van der Waals surface area contributed by atoms with E-state index in [1.54, 1.807) is 11.4 Å². The maximum Gasteiger partial charge on any atom is 0.281 e. The van der Waals surface area contributed by atoms with Crippen LogP contribution in [0, 0.1) is 5.92 Å². The number of nitrogens with zero attached hydrogens (tertiary/aromatic N) is 2. The summed E-state index contributed by atoms with van der Waals surface area (Å²) in [7, 11) is -1.64. The average molecular weight is 297 g/mol. The van der Waals surface area contributed by atoms with Gasteiger partial charge >= 0.3 is 0 Å². The first-order valence-corrected chi connectivity index (χ1v) is 8.72. The molecule has 0 aliphatic carbocycles. The van der Waals surface area contributed by atoms with Crippen LogP contribution in [0.2, 0.25) is 0 Å². The molecule has 1 saturated heterocycles. The van der Waals surface area contributed by atoms with E-state index < -0.39 is 10.2 Å². The standard InChI is InChI=1S/C12H25ClN2O2S/c1-3-12-6-4-10-15(11-7-12)18(16,17)14(2)9-5-8-13/h12H,3-11H2,1-2H3. The number of hydrogen-bond acceptors (Lipinski definition) is 2. The van der Waals surface area contributed by atoms with E-state index >= 15 is 0 Å². The molecule has 0 N–H and O–H groups in total. The highest BCUT2D eigenvalue weighted by Gasteiger charge is 2.28. The van der Waals surface area contributed by atoms with E-state index in [1.165, 1.54) is 4.31 Å². The van der Waals surface area contributed by atoms with E-state index in [2.05, 4.69) is 6.92 Å². The van der Waals surface area contributed by atoms with Gasteiger partial charge in [0.05, 0.1) is 0 Å². The quantitative estimate of drug-likeness (QED) is 0.706. The maximum absolute atomic E-state index is 12.3. The molecule has 0 saturated carbocycles. The van der Waals surface area contributed by atoms with Crippen LogP contribution in [0.25, 0.3) is 0 Å². The average Bonchev–Trinajstić information content (AvgIpc) is 2.61. The summed E-state index contributed by atoms with van der Waals surface area (Å²) >= 11 is 5.61. The second-order valence-corrected chi connectivity index (χ2v) is 7.39. The van der Waals surface area contributed by atoms with Crippen molar-refractivity contribution in [1.29, 1.82) is 0 Å². The molecular formula is C12H25ClN2O2S. The van der Waals surface area contributed by atoms with Gasteiger partial charge in [-0.2, -0.15) is 17.0 Å². The Morgan fingerprint density at radius 2 is 2.06 bits per heavy atom. The van der Waals surface area contributed by atoms with Gasteiger partial charge in [0.2, 0.25) is 0 Å². The van der Waals surface area contributed by atoms with Crippen molar-refractivity contribution >= 4 is 21.8 Å². The lowest BCUT2D eigenvalue weighted by Gasteiger charge is -2.26. The van der Waals surface area contributed by atoms with Crippen molar-refractivity contribution in [2.45, 2.75) is 39.0 Å². The highest BCUT2D eigenvalue weighted by molar-refractivity contribution is 7.86. The molecule has 0 radical (unpaired) electrons. The second-order valence-electron chi connectivity index (χ2n) is 4.98. The Balaban J connectivity index is 2.61. The first kappa shape index (κ1) is 16.2. The van der Waals surface area contributed by atoms with Crippen LogP contribution in [0.4, 0.5) is 0 Å². The van der Waals surface area contributed by atoms with Crippen molar-refractivity contribution in [3.8, 4) is 0 Å². The summed E-state index contributed by atoms with van der Waals surface area (Å²) in [5.41, 5.74) is 0. The predicted molar refractivity (Wildman–Crippen MR) is 76.1 cm³/mol. The summed E-state index contributed by atoms with van der Waals surface area (Å²) in [5.74, 6) is 1.18. The molecule has 0 bridgehead atoms. The molecule has 6 heteroatoms. The van der Waals surface area contributed by atoms with E-state index in [-0.39, 0.29) is 0 Å². The topological polar surface area (TPSA) is 40.6 Å². The maximum atomic E-state index is 12.3. The molecule has 1 fully saturated rings. The van der Waals surface area contributed by atoms with Crippen molar-refractivity contribution < 1.29 is 8.42 Å². The Labute approximate surface area is 116 Å². The van der Waals surface area contributed by atoms with Crippen LogP contribution < -0.4 is 0 Å². The van der Waals surface area contributed by atoms with Crippen LogP contribution in [0.5, 0.6) is 0 Å². The minimum atomic E-state index is -3.28. The van der Waals surface area contributed by atoms with Gasteiger partial charge in [-0.05, 0) is 31.6 Å². The lowest BCUT2D eigenvalue weighted by molar-refractivity contribution is 0.360. The zero-order valence-electron chi connectivity index (χ0n) is 11.4. The summed E-state index contributed by atoms with van der Waals surface area (Å²) in [6.07, 6.45) is 4.95. The van der Waals surface area contributed by atoms with Gasteiger partial charge in [0.25, 0.3) is 10.2 Å². The molecule has 0 spiro atoms. The Morgan fingerprint density at radius 1 is 1.33 bits per heavy atom. The van der Waals surface area contributed by atoms with Crippen LogP contribution in [0.3, 0.4) is 0 Å². The van der Waals surface area contributed by atoms with E-state index in [1.807, 2.05) is 0 Å². The zero-order chi connectivity index (χ0) is 13.6. The summed E-state index contributed by atoms with van der Waals surface area (Å²) in [6.45, 7) is 4.00. The van der Waals surface area contributed by atoms with Gasteiger partial charge in [-0.3, -0.25) is 0 Å². The lowest BCUT2D eigenvalue weighted by Crippen LogP contribution is -2.42. The second kappa shape index (κ2) is 7.68. The van der Waals surface area contributed by atoms with E-state index in [0.717, 1.165) is 25.7 Å². The van der Waals surface area contributed by atoms with Crippen molar-refractivity contribution in [2.24, 2.45) is 5.92 Å². The third-order valence-electron chi connectivity index (χ3n) is 3.71. The van der Waals surface area contributed by atoms with Crippen molar-refractivity contribution in [2.75, 3.05) is 32.6 Å². The molecule has 1 aliphatic heterocycles. The minimum Gasteiger partial charge on any atom is -0.195 e. The van der Waals surface area contributed by atoms with Crippen molar-refractivity contribution in [3.05, 3.63) is 0 Å². The predicted octanol–water partition coefficient (Wildman–Crippen LogP) is 2.30. The van der Waals surface area contributed by atoms with Gasteiger partial charge in [-0.15, -0.1) is 11.6 Å². The molecule has 0 amide bonds. The fourth-order valence-corrected chi connectivity index (χ4v) is 3.94. The van der Waals surface area contributed by atoms with Gasteiger partial charge in [-0.1, -0.05) is 13.3 Å². The molecule has 0 aromatic heterocycles. The number of halogens is 1. The van der Waals surface area contributed by atoms with Gasteiger partial charge < -0.3 is 0 Å². The molecule has 1 rings (SSSR count). The Hall–Kier alpha value is 0.160. The van der Waals surface area contributed by atoms with E-state index in [0.29, 0.717) is 37.9 Å². The molecule has 0 aromatic carbocycles. The summed E-state index contributed by atoms with van der Waals surface area (Å²) in [6, 6.07) is 0. The van der Waals surface area contributed by atoms with Crippen LogP contribution in [-0.2, 0) is 10.2 Å². The molecule has 1 unspecified atom stereocenters. The zero-order valence-corrected chi connectivity index (χ0v) is 13.0. The van der Waals surface area contributed by atoms with Gasteiger partial charge in [0.15, 0.2) is 0 Å². The fraction of sp³-hybridized carbons (Fsp3) is 1.00. The fourth-order valence-electron chi connectivity index (χ4n) is 2.37. The molecular weight excluding hydrogens is 272 g/mol. The third kappa shape index (κ3) is 4.37. The lowest BCUT2D eigenvalue weighted by atomic mass is 9.98. The van der Waals surface area contributed by atoms with E-state index in [9.17, 15) is 8.42 Å². The van der Waals surface area contributed by atoms with Gasteiger partial charge in [0, 0.05) is 32.6 Å². The Bertz CT molecular complexity index is 335. The summed E-state index contributed by atoms with van der Waals surface area (Å²) in [4.78, 5) is 0. The van der Waals surface area contributed by atoms with Gasteiger partial charge in [0.1, 0.15) is 0 Å². The normalized spacial score (nSPS) is 23.2. The smallest absolute Gasteiger partial charge is 0.195 e. The SMILES string of the molecule is CCC1CCCN(S(=O)(=O)N(C)CCCCl)CC1. The first-order chi connectivity index (χ1) is 8.52. The van der Waals surface area contributed by atoms with Crippen LogP contribution in [0.15, 0.2) is 0 Å². The Morgan fingerprint density at radius 3 is 2.67 bits per heavy atom. The van der Waals surface area contributed by atoms with Crippen LogP contribution >= 0.6 is 11.6 Å². The van der Waals surface area contributed by atoms with Crippen LogP contribution in [-0.4, -0.2) is 49.6 Å². The van der Waals surface area contributed by atoms with Gasteiger partial charge in [-0.25, -0.2) is 0 Å². The highest BCUT2D eigenvalue weighted by atomic mass is 35.5. The summed E-state index contributed by atoms with van der Waals surface area (Å²) < 4.78 is 27.8. The number of rotatable bonds is 6. The molecule has 4 nitrogen and oxygen atoms in total. The molecule has 1 aliphatic rings. The largest absolute Gasteiger partial charge is 0.281 e. The molecule has 1 atom stereocenters. The first-order valence-electron chi connectivity index (χ1n) is 6.79. The van der Waals surface area contributed by atoms with Crippen molar-refractivity contribution in [3.63, 3.8) is 0 Å². The molecule has 108 valence electrons. The number of hydrogen-bond donors (Lipinski definition) is 0. The molecule has 18 heavy (non-hydrogen) atoms. The number of alkyl halides is 1. The molecule has 0 aromatic rings. The summed E-state index contributed by atoms with van der Waals surface area (Å²) in [5, 5.41) is 0. The minimum absolute atomic E-state index is 0.498. The monoisotopic (exact) mass is 296 g/mol.